The fraction of sp³-hybridized carbons (Fsp3) is 0.900. The number of nitrogens with one attached hydrogen (secondary N) is 2. The SMILES string of the molecule is CCC1(C(=O)NCCSC(F)(F)F)CCCN1.Cl. The topological polar surface area (TPSA) is 41.1 Å². The molecule has 108 valence electrons. The second-order valence-electron chi connectivity index (χ2n) is 4.02. The highest BCUT2D eigenvalue weighted by atomic mass is 35.5. The van der Waals surface area contributed by atoms with E-state index in [2.05, 4.69) is 10.6 Å². The Kier molecular flexibility index (Phi) is 7.39. The molecular weight excluding hydrogens is 289 g/mol. The molecule has 1 heterocycles. The van der Waals surface area contributed by atoms with Crippen LogP contribution in [0, 0.1) is 0 Å². The van der Waals surface area contributed by atoms with Crippen molar-refractivity contribution < 1.29 is 18.0 Å². The Balaban J connectivity index is 0.00000289. The van der Waals surface area contributed by atoms with E-state index in [1.807, 2.05) is 6.92 Å². The van der Waals surface area contributed by atoms with E-state index in [9.17, 15) is 18.0 Å². The van der Waals surface area contributed by atoms with Gasteiger partial charge in [-0.25, -0.2) is 0 Å². The molecule has 1 unspecified atom stereocenters. The largest absolute Gasteiger partial charge is 0.441 e. The lowest BCUT2D eigenvalue weighted by Gasteiger charge is -2.26. The zero-order valence-corrected chi connectivity index (χ0v) is 11.7. The Morgan fingerprint density at radius 3 is 2.61 bits per heavy atom. The molecule has 1 aliphatic heterocycles. The lowest BCUT2D eigenvalue weighted by molar-refractivity contribution is -0.127. The van der Waals surface area contributed by atoms with Crippen LogP contribution in [-0.4, -0.2) is 35.8 Å². The normalized spacial score (nSPS) is 23.6. The van der Waals surface area contributed by atoms with Gasteiger partial charge in [-0.1, -0.05) is 6.92 Å². The Labute approximate surface area is 115 Å². The summed E-state index contributed by atoms with van der Waals surface area (Å²) in [6.07, 6.45) is 2.34. The van der Waals surface area contributed by atoms with Gasteiger partial charge in [-0.15, -0.1) is 12.4 Å². The molecule has 2 N–H and O–H groups in total. The first-order chi connectivity index (χ1) is 7.90. The van der Waals surface area contributed by atoms with Crippen molar-refractivity contribution in [3.63, 3.8) is 0 Å². The average Bonchev–Trinajstić information content (AvgIpc) is 2.72. The van der Waals surface area contributed by atoms with Gasteiger partial charge >= 0.3 is 5.51 Å². The molecule has 18 heavy (non-hydrogen) atoms. The first-order valence-corrected chi connectivity index (χ1v) is 6.62. The number of hydrogen-bond donors (Lipinski definition) is 2. The standard InChI is InChI=1S/C10H17F3N2OS.ClH/c1-2-9(4-3-5-15-9)8(16)14-6-7-17-10(11,12)13;/h15H,2-7H2,1H3,(H,14,16);1H. The van der Waals surface area contributed by atoms with Gasteiger partial charge in [0.1, 0.15) is 0 Å². The molecule has 1 aliphatic rings. The number of carbonyl (C=O) groups excluding carboxylic acids is 1. The molecule has 0 aromatic heterocycles. The molecule has 0 radical (unpaired) electrons. The first kappa shape index (κ1) is 17.9. The van der Waals surface area contributed by atoms with Crippen LogP contribution in [0.5, 0.6) is 0 Å². The molecule has 3 nitrogen and oxygen atoms in total. The summed E-state index contributed by atoms with van der Waals surface area (Å²) in [7, 11) is 0. The molecule has 1 saturated heterocycles. The van der Waals surface area contributed by atoms with Crippen LogP contribution in [0.25, 0.3) is 0 Å². The fourth-order valence-corrected chi connectivity index (χ4v) is 2.40. The summed E-state index contributed by atoms with van der Waals surface area (Å²) in [5.74, 6) is -0.324. The summed E-state index contributed by atoms with van der Waals surface area (Å²) in [6, 6.07) is 0. The molecule has 1 amide bonds. The van der Waals surface area contributed by atoms with E-state index < -0.39 is 11.0 Å². The van der Waals surface area contributed by atoms with Gasteiger partial charge < -0.3 is 10.6 Å². The molecule has 0 aromatic rings. The van der Waals surface area contributed by atoms with Gasteiger partial charge in [0.25, 0.3) is 0 Å². The number of hydrogen-bond acceptors (Lipinski definition) is 3. The predicted octanol–water partition coefficient (Wildman–Crippen LogP) is 2.31. The maximum absolute atomic E-state index is 11.9. The van der Waals surface area contributed by atoms with Crippen molar-refractivity contribution in [3.05, 3.63) is 0 Å². The Morgan fingerprint density at radius 1 is 1.50 bits per heavy atom. The van der Waals surface area contributed by atoms with E-state index in [4.69, 9.17) is 0 Å². The van der Waals surface area contributed by atoms with Crippen molar-refractivity contribution in [3.8, 4) is 0 Å². The van der Waals surface area contributed by atoms with Crippen LogP contribution in [0.1, 0.15) is 26.2 Å². The van der Waals surface area contributed by atoms with Crippen molar-refractivity contribution in [1.29, 1.82) is 0 Å². The van der Waals surface area contributed by atoms with Gasteiger partial charge in [0.2, 0.25) is 5.91 Å². The fourth-order valence-electron chi connectivity index (χ4n) is 1.96. The highest BCUT2D eigenvalue weighted by Gasteiger charge is 2.38. The molecule has 1 fully saturated rings. The molecule has 0 aromatic carbocycles. The number of halogens is 4. The van der Waals surface area contributed by atoms with E-state index >= 15 is 0 Å². The van der Waals surface area contributed by atoms with Crippen molar-refractivity contribution in [2.45, 2.75) is 37.2 Å². The number of carbonyl (C=O) groups is 1. The van der Waals surface area contributed by atoms with Crippen molar-refractivity contribution in [2.24, 2.45) is 0 Å². The van der Waals surface area contributed by atoms with Gasteiger partial charge in [0.15, 0.2) is 0 Å². The van der Waals surface area contributed by atoms with Crippen LogP contribution in [0.2, 0.25) is 0 Å². The number of amides is 1. The summed E-state index contributed by atoms with van der Waals surface area (Å²) >= 11 is -0.111. The average molecular weight is 307 g/mol. The maximum Gasteiger partial charge on any atom is 0.441 e. The van der Waals surface area contributed by atoms with Crippen LogP contribution >= 0.6 is 24.2 Å². The van der Waals surface area contributed by atoms with Gasteiger partial charge in [-0.2, -0.15) is 13.2 Å². The Bertz CT molecular complexity index is 270. The summed E-state index contributed by atoms with van der Waals surface area (Å²) in [5.41, 5.74) is -4.79. The maximum atomic E-state index is 11.9. The van der Waals surface area contributed by atoms with Gasteiger partial charge in [0, 0.05) is 12.3 Å². The van der Waals surface area contributed by atoms with Crippen molar-refractivity contribution in [1.82, 2.24) is 10.6 Å². The Morgan fingerprint density at radius 2 is 2.17 bits per heavy atom. The van der Waals surface area contributed by atoms with Gasteiger partial charge in [-0.3, -0.25) is 4.79 Å². The smallest absolute Gasteiger partial charge is 0.354 e. The molecule has 8 heteroatoms. The number of alkyl halides is 3. The van der Waals surface area contributed by atoms with E-state index in [1.54, 1.807) is 0 Å². The Hall–Kier alpha value is -0.140. The van der Waals surface area contributed by atoms with Crippen LogP contribution < -0.4 is 10.6 Å². The first-order valence-electron chi connectivity index (χ1n) is 5.64. The summed E-state index contributed by atoms with van der Waals surface area (Å²) in [5, 5.41) is 5.70. The summed E-state index contributed by atoms with van der Waals surface area (Å²) in [6.45, 7) is 2.74. The van der Waals surface area contributed by atoms with E-state index in [0.29, 0.717) is 6.42 Å². The third kappa shape index (κ3) is 5.24. The third-order valence-electron chi connectivity index (χ3n) is 2.94. The molecular formula is C10H18ClF3N2OS. The van der Waals surface area contributed by atoms with E-state index in [-0.39, 0.29) is 42.4 Å². The third-order valence-corrected chi connectivity index (χ3v) is 3.67. The monoisotopic (exact) mass is 306 g/mol. The minimum atomic E-state index is -4.22. The predicted molar refractivity (Wildman–Crippen MR) is 69.0 cm³/mol. The highest BCUT2D eigenvalue weighted by molar-refractivity contribution is 8.00. The summed E-state index contributed by atoms with van der Waals surface area (Å²) < 4.78 is 35.6. The molecule has 0 saturated carbocycles. The lowest BCUT2D eigenvalue weighted by atomic mass is 9.93. The second kappa shape index (κ2) is 7.45. The van der Waals surface area contributed by atoms with Gasteiger partial charge in [-0.05, 0) is 37.6 Å². The quantitative estimate of drug-likeness (QED) is 0.766. The van der Waals surface area contributed by atoms with E-state index in [1.165, 1.54) is 0 Å². The second-order valence-corrected chi connectivity index (χ2v) is 5.18. The molecule has 1 rings (SSSR count). The lowest BCUT2D eigenvalue weighted by Crippen LogP contribution is -2.53. The number of rotatable bonds is 5. The summed E-state index contributed by atoms with van der Waals surface area (Å²) in [4.78, 5) is 11.9. The molecule has 0 aliphatic carbocycles. The van der Waals surface area contributed by atoms with Crippen LogP contribution in [0.3, 0.4) is 0 Å². The number of thioether (sulfide) groups is 1. The van der Waals surface area contributed by atoms with Crippen molar-refractivity contribution >= 4 is 30.1 Å². The van der Waals surface area contributed by atoms with E-state index in [0.717, 1.165) is 19.4 Å². The molecule has 0 bridgehead atoms. The highest BCUT2D eigenvalue weighted by Crippen LogP contribution is 2.29. The van der Waals surface area contributed by atoms with Gasteiger partial charge in [0.05, 0.1) is 5.54 Å². The molecule has 1 atom stereocenters. The zero-order chi connectivity index (χ0) is 12.9. The van der Waals surface area contributed by atoms with Crippen LogP contribution in [0.4, 0.5) is 13.2 Å². The minimum absolute atomic E-state index is 0. The molecule has 0 spiro atoms. The van der Waals surface area contributed by atoms with Crippen LogP contribution in [0.15, 0.2) is 0 Å². The zero-order valence-electron chi connectivity index (χ0n) is 10.1. The minimum Gasteiger partial charge on any atom is -0.354 e. The van der Waals surface area contributed by atoms with Crippen LogP contribution in [-0.2, 0) is 4.79 Å². The van der Waals surface area contributed by atoms with Crippen molar-refractivity contribution in [2.75, 3.05) is 18.8 Å².